The Labute approximate surface area is 96.0 Å². The Hall–Kier alpha value is -1.46. The highest BCUT2D eigenvalue weighted by atomic mass is 35.7. The van der Waals surface area contributed by atoms with Crippen LogP contribution in [0.2, 0.25) is 0 Å². The Kier molecular flexibility index (Phi) is 2.44. The van der Waals surface area contributed by atoms with E-state index in [4.69, 9.17) is 10.7 Å². The quantitative estimate of drug-likeness (QED) is 0.715. The summed E-state index contributed by atoms with van der Waals surface area (Å²) in [4.78, 5) is 22.6. The molecule has 0 amide bonds. The van der Waals surface area contributed by atoms with Gasteiger partial charge in [0.05, 0.1) is 10.5 Å². The summed E-state index contributed by atoms with van der Waals surface area (Å²) in [5.74, 6) is -0.939. The third-order valence-electron chi connectivity index (χ3n) is 2.19. The number of hydrogen-bond acceptors (Lipinski definition) is 4. The summed E-state index contributed by atoms with van der Waals surface area (Å²) in [6.45, 7) is 0. The van der Waals surface area contributed by atoms with E-state index in [0.29, 0.717) is 0 Å². The minimum absolute atomic E-state index is 0.0641. The van der Waals surface area contributed by atoms with Gasteiger partial charge in [-0.3, -0.25) is 9.59 Å². The SMILES string of the molecule is O=C1C=CC(=O)c2c1cccc2S(=O)(=O)Cl. The third kappa shape index (κ3) is 1.68. The molecule has 4 nitrogen and oxygen atoms in total. The second kappa shape index (κ2) is 3.54. The minimum atomic E-state index is -4.04. The van der Waals surface area contributed by atoms with Gasteiger partial charge in [-0.1, -0.05) is 12.1 Å². The van der Waals surface area contributed by atoms with Crippen molar-refractivity contribution in [1.29, 1.82) is 0 Å². The smallest absolute Gasteiger partial charge is 0.262 e. The number of carbonyl (C=O) groups is 2. The zero-order chi connectivity index (χ0) is 11.9. The predicted octanol–water partition coefficient (Wildman–Crippen LogP) is 1.55. The van der Waals surface area contributed by atoms with Crippen molar-refractivity contribution in [2.45, 2.75) is 4.90 Å². The van der Waals surface area contributed by atoms with Crippen LogP contribution in [0.3, 0.4) is 0 Å². The van der Waals surface area contributed by atoms with Gasteiger partial charge in [0.2, 0.25) is 0 Å². The molecule has 1 aromatic rings. The van der Waals surface area contributed by atoms with Gasteiger partial charge in [0, 0.05) is 16.2 Å². The summed E-state index contributed by atoms with van der Waals surface area (Å²) in [6.07, 6.45) is 2.14. The fourth-order valence-corrected chi connectivity index (χ4v) is 2.60. The van der Waals surface area contributed by atoms with Gasteiger partial charge in [-0.25, -0.2) is 8.42 Å². The van der Waals surface area contributed by atoms with Crippen LogP contribution < -0.4 is 0 Å². The van der Waals surface area contributed by atoms with Crippen LogP contribution in [0.4, 0.5) is 0 Å². The molecule has 0 N–H and O–H groups in total. The summed E-state index contributed by atoms with van der Waals surface area (Å²) in [7, 11) is 1.16. The molecule has 16 heavy (non-hydrogen) atoms. The van der Waals surface area contributed by atoms with Gasteiger partial charge in [0.1, 0.15) is 0 Å². The summed E-state index contributed by atoms with van der Waals surface area (Å²) in [6, 6.07) is 3.97. The number of allylic oxidation sites excluding steroid dienone is 2. The molecular weight excluding hydrogens is 252 g/mol. The van der Waals surface area contributed by atoms with Crippen LogP contribution in [0.15, 0.2) is 35.2 Å². The summed E-state index contributed by atoms with van der Waals surface area (Å²) in [5.41, 5.74) is -0.0841. The number of ketones is 2. The fraction of sp³-hybridized carbons (Fsp3) is 0. The Morgan fingerprint density at radius 3 is 2.25 bits per heavy atom. The highest BCUT2D eigenvalue weighted by Crippen LogP contribution is 2.26. The van der Waals surface area contributed by atoms with Gasteiger partial charge >= 0.3 is 0 Å². The molecule has 0 saturated carbocycles. The van der Waals surface area contributed by atoms with Gasteiger partial charge in [-0.05, 0) is 18.2 Å². The van der Waals surface area contributed by atoms with Crippen LogP contribution in [0.5, 0.6) is 0 Å². The monoisotopic (exact) mass is 256 g/mol. The number of halogens is 1. The molecule has 2 rings (SSSR count). The van der Waals surface area contributed by atoms with Crippen LogP contribution in [0.25, 0.3) is 0 Å². The van der Waals surface area contributed by atoms with Crippen LogP contribution in [0, 0.1) is 0 Å². The van der Waals surface area contributed by atoms with Crippen LogP contribution in [-0.4, -0.2) is 20.0 Å². The molecule has 0 aliphatic heterocycles. The molecule has 0 heterocycles. The first-order chi connectivity index (χ1) is 7.41. The molecular formula is C10H5ClO4S. The summed E-state index contributed by atoms with van der Waals surface area (Å²) >= 11 is 0. The molecule has 0 bridgehead atoms. The van der Waals surface area contributed by atoms with Gasteiger partial charge < -0.3 is 0 Å². The Morgan fingerprint density at radius 1 is 1.00 bits per heavy atom. The summed E-state index contributed by atoms with van der Waals surface area (Å²) < 4.78 is 22.5. The van der Waals surface area contributed by atoms with Gasteiger partial charge in [-0.2, -0.15) is 0 Å². The average Bonchev–Trinajstić information content (AvgIpc) is 2.22. The molecule has 1 aliphatic carbocycles. The van der Waals surface area contributed by atoms with E-state index in [1.165, 1.54) is 18.2 Å². The van der Waals surface area contributed by atoms with Crippen molar-refractivity contribution in [3.63, 3.8) is 0 Å². The van der Waals surface area contributed by atoms with Crippen molar-refractivity contribution in [2.75, 3.05) is 0 Å². The highest BCUT2D eigenvalue weighted by Gasteiger charge is 2.27. The fourth-order valence-electron chi connectivity index (χ4n) is 1.52. The van der Waals surface area contributed by atoms with E-state index in [0.717, 1.165) is 12.2 Å². The lowest BCUT2D eigenvalue weighted by molar-refractivity contribution is 0.0992. The lowest BCUT2D eigenvalue weighted by Crippen LogP contribution is -2.15. The Morgan fingerprint density at radius 2 is 1.62 bits per heavy atom. The maximum absolute atomic E-state index is 11.5. The molecule has 0 atom stereocenters. The molecule has 0 radical (unpaired) electrons. The van der Waals surface area contributed by atoms with E-state index in [9.17, 15) is 18.0 Å². The second-order valence-corrected chi connectivity index (χ2v) is 5.71. The maximum Gasteiger partial charge on any atom is 0.262 e. The van der Waals surface area contributed by atoms with Crippen molar-refractivity contribution >= 4 is 31.3 Å². The zero-order valence-electron chi connectivity index (χ0n) is 7.81. The lowest BCUT2D eigenvalue weighted by atomic mass is 9.95. The normalized spacial score (nSPS) is 15.1. The molecule has 1 aliphatic rings. The first-order valence-electron chi connectivity index (χ1n) is 4.25. The molecule has 0 aromatic heterocycles. The van der Waals surface area contributed by atoms with E-state index < -0.39 is 20.6 Å². The highest BCUT2D eigenvalue weighted by molar-refractivity contribution is 8.13. The third-order valence-corrected chi connectivity index (χ3v) is 3.55. The lowest BCUT2D eigenvalue weighted by Gasteiger charge is -2.11. The molecule has 0 saturated heterocycles. The first kappa shape index (κ1) is 11.0. The van der Waals surface area contributed by atoms with E-state index in [1.54, 1.807) is 0 Å². The van der Waals surface area contributed by atoms with Gasteiger partial charge in [-0.15, -0.1) is 0 Å². The van der Waals surface area contributed by atoms with Gasteiger partial charge in [0.25, 0.3) is 9.05 Å². The largest absolute Gasteiger partial charge is 0.289 e. The van der Waals surface area contributed by atoms with Crippen molar-refractivity contribution in [1.82, 2.24) is 0 Å². The Balaban J connectivity index is 2.85. The predicted molar refractivity (Wildman–Crippen MR) is 57.3 cm³/mol. The van der Waals surface area contributed by atoms with Crippen molar-refractivity contribution in [3.8, 4) is 0 Å². The minimum Gasteiger partial charge on any atom is -0.289 e. The average molecular weight is 257 g/mol. The molecule has 6 heteroatoms. The number of rotatable bonds is 1. The van der Waals surface area contributed by atoms with Crippen LogP contribution >= 0.6 is 10.7 Å². The molecule has 1 aromatic carbocycles. The Bertz CT molecular complexity index is 628. The van der Waals surface area contributed by atoms with E-state index >= 15 is 0 Å². The van der Waals surface area contributed by atoms with Crippen molar-refractivity contribution in [3.05, 3.63) is 41.5 Å². The molecule has 82 valence electrons. The zero-order valence-corrected chi connectivity index (χ0v) is 9.38. The molecule has 0 fully saturated rings. The van der Waals surface area contributed by atoms with Crippen LogP contribution in [0.1, 0.15) is 20.7 Å². The van der Waals surface area contributed by atoms with Gasteiger partial charge in [0.15, 0.2) is 11.6 Å². The van der Waals surface area contributed by atoms with Crippen molar-refractivity contribution < 1.29 is 18.0 Å². The number of fused-ring (bicyclic) bond motifs is 1. The summed E-state index contributed by atoms with van der Waals surface area (Å²) in [5, 5.41) is 0. The molecule has 0 spiro atoms. The van der Waals surface area contributed by atoms with E-state index in [2.05, 4.69) is 0 Å². The van der Waals surface area contributed by atoms with E-state index in [-0.39, 0.29) is 16.0 Å². The van der Waals surface area contributed by atoms with Crippen molar-refractivity contribution in [2.24, 2.45) is 0 Å². The van der Waals surface area contributed by atoms with E-state index in [1.807, 2.05) is 0 Å². The topological polar surface area (TPSA) is 68.3 Å². The number of benzene rings is 1. The number of carbonyl (C=O) groups excluding carboxylic acids is 2. The second-order valence-electron chi connectivity index (χ2n) is 3.18. The number of hydrogen-bond donors (Lipinski definition) is 0. The standard InChI is InChI=1S/C10H5ClO4S/c11-16(14,15)9-3-1-2-6-7(12)4-5-8(13)10(6)9/h1-5H. The molecule has 0 unspecified atom stereocenters. The van der Waals surface area contributed by atoms with Crippen LogP contribution in [-0.2, 0) is 9.05 Å². The first-order valence-corrected chi connectivity index (χ1v) is 6.56. The maximum atomic E-state index is 11.5.